The number of sulfonamides is 1. The minimum atomic E-state index is -3.71. The highest BCUT2D eigenvalue weighted by atomic mass is 32.2. The van der Waals surface area contributed by atoms with Gasteiger partial charge in [0.05, 0.1) is 13.3 Å². The summed E-state index contributed by atoms with van der Waals surface area (Å²) in [6.07, 6.45) is 3.85. The summed E-state index contributed by atoms with van der Waals surface area (Å²) in [5.74, 6) is 0.535. The number of nitrogens with zero attached hydrogens (tertiary/aromatic N) is 4. The van der Waals surface area contributed by atoms with Crippen LogP contribution in [0.25, 0.3) is 0 Å². The molecule has 2 heterocycles. The summed E-state index contributed by atoms with van der Waals surface area (Å²) in [7, 11) is 1.65. The van der Waals surface area contributed by atoms with Crippen molar-refractivity contribution in [2.75, 3.05) is 40.3 Å². The number of aryl methyl sites for hydroxylation is 1. The topological polar surface area (TPSA) is 96.8 Å². The van der Waals surface area contributed by atoms with Gasteiger partial charge in [-0.25, -0.2) is 13.1 Å². The van der Waals surface area contributed by atoms with E-state index in [0.717, 1.165) is 24.4 Å². The van der Waals surface area contributed by atoms with E-state index >= 15 is 0 Å². The maximum atomic E-state index is 13.5. The largest absolute Gasteiger partial charge is 0.497 e. The second-order valence-electron chi connectivity index (χ2n) is 8.75. The van der Waals surface area contributed by atoms with Gasteiger partial charge in [-0.05, 0) is 43.5 Å². The molecule has 1 aromatic heterocycles. The van der Waals surface area contributed by atoms with E-state index in [0.29, 0.717) is 25.9 Å². The van der Waals surface area contributed by atoms with Gasteiger partial charge in [0, 0.05) is 51.4 Å². The maximum absolute atomic E-state index is 13.5. The molecule has 0 radical (unpaired) electrons. The van der Waals surface area contributed by atoms with Crippen LogP contribution in [0.2, 0.25) is 0 Å². The van der Waals surface area contributed by atoms with E-state index in [1.807, 2.05) is 29.2 Å². The van der Waals surface area contributed by atoms with Gasteiger partial charge in [-0.15, -0.1) is 0 Å². The standard InChI is InChI=1S/C22H31N5O4S/c1-25-8-10-27(11-9-25)22(28)21-13-17(24-32(29,30)19-14-23-26(2)15-19)12-20(21)16-4-6-18(31-3)7-5-16/h4-7,14-15,17,20-21,24H,8-13H2,1-3H3/t17-,20+,21-/m0/s1. The Labute approximate surface area is 189 Å². The highest BCUT2D eigenvalue weighted by Crippen LogP contribution is 2.42. The van der Waals surface area contributed by atoms with E-state index in [9.17, 15) is 13.2 Å². The van der Waals surface area contributed by atoms with Crippen LogP contribution in [0.4, 0.5) is 0 Å². The summed E-state index contributed by atoms with van der Waals surface area (Å²) < 4.78 is 35.3. The lowest BCUT2D eigenvalue weighted by Gasteiger charge is -2.35. The van der Waals surface area contributed by atoms with Crippen molar-refractivity contribution in [2.45, 2.75) is 29.7 Å². The van der Waals surface area contributed by atoms with Crippen molar-refractivity contribution >= 4 is 15.9 Å². The molecule has 0 unspecified atom stereocenters. The van der Waals surface area contributed by atoms with E-state index in [-0.39, 0.29) is 28.7 Å². The molecule has 1 saturated carbocycles. The van der Waals surface area contributed by atoms with Crippen LogP contribution < -0.4 is 9.46 Å². The molecule has 1 saturated heterocycles. The lowest BCUT2D eigenvalue weighted by molar-refractivity contribution is -0.137. The van der Waals surface area contributed by atoms with Crippen LogP contribution in [0.1, 0.15) is 24.3 Å². The van der Waals surface area contributed by atoms with E-state index in [2.05, 4.69) is 21.8 Å². The molecule has 2 aromatic rings. The van der Waals surface area contributed by atoms with Crippen molar-refractivity contribution in [1.29, 1.82) is 0 Å². The van der Waals surface area contributed by atoms with E-state index < -0.39 is 10.0 Å². The second-order valence-corrected chi connectivity index (χ2v) is 10.5. The predicted octanol–water partition coefficient (Wildman–Crippen LogP) is 1.04. The zero-order chi connectivity index (χ0) is 22.9. The molecule has 10 heteroatoms. The molecular formula is C22H31N5O4S. The SMILES string of the molecule is COc1ccc([C@H]2C[C@H](NS(=O)(=O)c3cnn(C)c3)C[C@@H]2C(=O)N2CCN(C)CC2)cc1. The molecule has 9 nitrogen and oxygen atoms in total. The lowest BCUT2D eigenvalue weighted by Crippen LogP contribution is -2.49. The fourth-order valence-corrected chi connectivity index (χ4v) is 5.96. The monoisotopic (exact) mass is 461 g/mol. The number of amides is 1. The van der Waals surface area contributed by atoms with Gasteiger partial charge in [0.2, 0.25) is 15.9 Å². The molecular weight excluding hydrogens is 430 g/mol. The number of nitrogens with one attached hydrogen (secondary N) is 1. The minimum Gasteiger partial charge on any atom is -0.497 e. The average molecular weight is 462 g/mol. The Morgan fingerprint density at radius 1 is 1.09 bits per heavy atom. The highest BCUT2D eigenvalue weighted by Gasteiger charge is 2.43. The van der Waals surface area contributed by atoms with Gasteiger partial charge in [-0.1, -0.05) is 12.1 Å². The number of hydrogen-bond acceptors (Lipinski definition) is 6. The first-order chi connectivity index (χ1) is 15.3. The van der Waals surface area contributed by atoms with Gasteiger partial charge >= 0.3 is 0 Å². The van der Waals surface area contributed by atoms with Crippen LogP contribution in [0.15, 0.2) is 41.6 Å². The molecule has 4 rings (SSSR count). The Morgan fingerprint density at radius 3 is 2.38 bits per heavy atom. The fraction of sp³-hybridized carbons (Fsp3) is 0.545. The Kier molecular flexibility index (Phi) is 6.55. The van der Waals surface area contributed by atoms with Crippen LogP contribution in [0.5, 0.6) is 5.75 Å². The Morgan fingerprint density at radius 2 is 1.78 bits per heavy atom. The molecule has 1 N–H and O–H groups in total. The molecule has 1 aliphatic heterocycles. The molecule has 1 amide bonds. The van der Waals surface area contributed by atoms with Crippen molar-refractivity contribution in [3.8, 4) is 5.75 Å². The number of hydrogen-bond donors (Lipinski definition) is 1. The number of likely N-dealkylation sites (N-methyl/N-ethyl adjacent to an activating group) is 1. The summed E-state index contributed by atoms with van der Waals surface area (Å²) in [6, 6.07) is 7.41. The third-order valence-electron chi connectivity index (χ3n) is 6.55. The van der Waals surface area contributed by atoms with Crippen LogP contribution in [-0.4, -0.2) is 80.3 Å². The number of carbonyl (C=O) groups is 1. The Hall–Kier alpha value is -2.43. The predicted molar refractivity (Wildman–Crippen MR) is 120 cm³/mol. The van der Waals surface area contributed by atoms with Gasteiger partial charge in [0.25, 0.3) is 0 Å². The molecule has 3 atom stereocenters. The number of rotatable bonds is 6. The Bertz CT molecular complexity index is 1040. The van der Waals surface area contributed by atoms with E-state index in [1.165, 1.54) is 17.1 Å². The molecule has 0 spiro atoms. The number of methoxy groups -OCH3 is 1. The van der Waals surface area contributed by atoms with Gasteiger partial charge < -0.3 is 14.5 Å². The zero-order valence-corrected chi connectivity index (χ0v) is 19.6. The minimum absolute atomic E-state index is 0.0605. The molecule has 174 valence electrons. The van der Waals surface area contributed by atoms with E-state index in [4.69, 9.17) is 4.74 Å². The lowest BCUT2D eigenvalue weighted by atomic mass is 9.87. The molecule has 2 fully saturated rings. The third-order valence-corrected chi connectivity index (χ3v) is 8.03. The summed E-state index contributed by atoms with van der Waals surface area (Å²) in [6.45, 7) is 3.10. The van der Waals surface area contributed by atoms with Crippen molar-refractivity contribution in [1.82, 2.24) is 24.3 Å². The molecule has 2 aliphatic rings. The van der Waals surface area contributed by atoms with Crippen LogP contribution in [-0.2, 0) is 21.9 Å². The van der Waals surface area contributed by atoms with Gasteiger partial charge in [0.1, 0.15) is 10.6 Å². The number of benzene rings is 1. The van der Waals surface area contributed by atoms with Crippen LogP contribution in [0.3, 0.4) is 0 Å². The number of carbonyl (C=O) groups excluding carboxylic acids is 1. The first-order valence-electron chi connectivity index (χ1n) is 10.9. The normalized spacial score (nSPS) is 24.6. The van der Waals surface area contributed by atoms with Crippen LogP contribution >= 0.6 is 0 Å². The second kappa shape index (κ2) is 9.21. The molecule has 1 aliphatic carbocycles. The van der Waals surface area contributed by atoms with Gasteiger partial charge in [0.15, 0.2) is 0 Å². The summed E-state index contributed by atoms with van der Waals surface area (Å²) in [4.78, 5) is 17.8. The smallest absolute Gasteiger partial charge is 0.243 e. The number of piperazine rings is 1. The van der Waals surface area contributed by atoms with Crippen molar-refractivity contribution in [3.05, 3.63) is 42.2 Å². The number of ether oxygens (including phenoxy) is 1. The molecule has 1 aromatic carbocycles. The maximum Gasteiger partial charge on any atom is 0.243 e. The summed E-state index contributed by atoms with van der Waals surface area (Å²) >= 11 is 0. The van der Waals surface area contributed by atoms with Gasteiger partial charge in [-0.3, -0.25) is 9.48 Å². The zero-order valence-electron chi connectivity index (χ0n) is 18.8. The van der Waals surface area contributed by atoms with Crippen molar-refractivity contribution in [3.63, 3.8) is 0 Å². The Balaban J connectivity index is 1.56. The number of aromatic nitrogens is 2. The van der Waals surface area contributed by atoms with Crippen molar-refractivity contribution < 1.29 is 17.9 Å². The van der Waals surface area contributed by atoms with Crippen molar-refractivity contribution in [2.24, 2.45) is 13.0 Å². The first-order valence-corrected chi connectivity index (χ1v) is 12.4. The quantitative estimate of drug-likeness (QED) is 0.691. The average Bonchev–Trinajstić information content (AvgIpc) is 3.40. The fourth-order valence-electron chi connectivity index (χ4n) is 4.71. The first kappa shape index (κ1) is 22.8. The van der Waals surface area contributed by atoms with E-state index in [1.54, 1.807) is 14.2 Å². The summed E-state index contributed by atoms with van der Waals surface area (Å²) in [5.41, 5.74) is 1.03. The molecule has 0 bridgehead atoms. The third kappa shape index (κ3) is 4.82. The highest BCUT2D eigenvalue weighted by molar-refractivity contribution is 7.89. The molecule has 32 heavy (non-hydrogen) atoms. The summed E-state index contributed by atoms with van der Waals surface area (Å²) in [5, 5.41) is 3.97. The van der Waals surface area contributed by atoms with Crippen LogP contribution in [0, 0.1) is 5.92 Å². The van der Waals surface area contributed by atoms with Gasteiger partial charge in [-0.2, -0.15) is 5.10 Å².